The Bertz CT molecular complexity index is 2390. The predicted octanol–water partition coefficient (Wildman–Crippen LogP) is 10.5. The Kier molecular flexibility index (Phi) is 6.11. The molecule has 46 heavy (non-hydrogen) atoms. The van der Waals surface area contributed by atoms with Crippen molar-refractivity contribution >= 4 is 43.6 Å². The summed E-state index contributed by atoms with van der Waals surface area (Å²) in [6.07, 6.45) is 0. The molecular formula is C42H30N4. The maximum absolute atomic E-state index is 11.1. The molecule has 0 bridgehead atoms. The van der Waals surface area contributed by atoms with Crippen LogP contribution in [0, 0.1) is 50.4 Å². The number of aromatic nitrogens is 2. The SMILES string of the molecule is Cc1ccc2c3ccc(C)cc3n(-c3cc(-c4ccccc4C#N)cc(-n4c5cc(C)ccc5c5ccc(C)cc54)c3C#N)c2c1. The molecule has 4 nitrogen and oxygen atoms in total. The molecule has 8 rings (SSSR count). The lowest BCUT2D eigenvalue weighted by atomic mass is 9.96. The van der Waals surface area contributed by atoms with Gasteiger partial charge in [0.25, 0.3) is 0 Å². The first-order chi connectivity index (χ1) is 22.4. The fourth-order valence-corrected chi connectivity index (χ4v) is 7.06. The van der Waals surface area contributed by atoms with E-state index in [9.17, 15) is 10.5 Å². The van der Waals surface area contributed by atoms with Crippen LogP contribution in [0.15, 0.2) is 109 Å². The zero-order chi connectivity index (χ0) is 31.7. The third kappa shape index (κ3) is 4.05. The van der Waals surface area contributed by atoms with Gasteiger partial charge in [0.1, 0.15) is 11.6 Å². The highest BCUT2D eigenvalue weighted by Crippen LogP contribution is 2.41. The second kappa shape index (κ2) is 10.2. The molecule has 6 aromatic carbocycles. The van der Waals surface area contributed by atoms with Gasteiger partial charge in [-0.15, -0.1) is 0 Å². The van der Waals surface area contributed by atoms with E-state index in [4.69, 9.17) is 0 Å². The molecule has 0 N–H and O–H groups in total. The molecule has 0 radical (unpaired) electrons. The van der Waals surface area contributed by atoms with Gasteiger partial charge in [0.15, 0.2) is 0 Å². The van der Waals surface area contributed by atoms with Crippen LogP contribution in [0.5, 0.6) is 0 Å². The third-order valence-electron chi connectivity index (χ3n) is 9.21. The van der Waals surface area contributed by atoms with Gasteiger partial charge in [-0.1, -0.05) is 66.7 Å². The molecule has 0 fully saturated rings. The highest BCUT2D eigenvalue weighted by molar-refractivity contribution is 6.11. The minimum atomic E-state index is 0.571. The van der Waals surface area contributed by atoms with Crippen molar-refractivity contribution in [3.63, 3.8) is 0 Å². The summed E-state index contributed by atoms with van der Waals surface area (Å²) >= 11 is 0. The van der Waals surface area contributed by atoms with E-state index in [1.54, 1.807) is 0 Å². The Balaban J connectivity index is 1.61. The average Bonchev–Trinajstić information content (AvgIpc) is 3.54. The van der Waals surface area contributed by atoms with E-state index in [-0.39, 0.29) is 0 Å². The quantitative estimate of drug-likeness (QED) is 0.206. The van der Waals surface area contributed by atoms with Crippen LogP contribution in [0.3, 0.4) is 0 Å². The maximum Gasteiger partial charge on any atom is 0.104 e. The van der Waals surface area contributed by atoms with Gasteiger partial charge in [0.2, 0.25) is 0 Å². The summed E-state index contributed by atoms with van der Waals surface area (Å²) in [6, 6.07) is 43.1. The summed E-state index contributed by atoms with van der Waals surface area (Å²) in [4.78, 5) is 0. The van der Waals surface area contributed by atoms with Gasteiger partial charge in [0, 0.05) is 21.5 Å². The summed E-state index contributed by atoms with van der Waals surface area (Å²) in [7, 11) is 0. The molecule has 0 saturated carbocycles. The fraction of sp³-hybridized carbons (Fsp3) is 0.0952. The van der Waals surface area contributed by atoms with Gasteiger partial charge in [-0.2, -0.15) is 10.5 Å². The van der Waals surface area contributed by atoms with Crippen molar-refractivity contribution in [3.8, 4) is 34.6 Å². The van der Waals surface area contributed by atoms with Crippen molar-refractivity contribution in [2.24, 2.45) is 0 Å². The molecule has 0 saturated heterocycles. The van der Waals surface area contributed by atoms with Gasteiger partial charge >= 0.3 is 0 Å². The lowest BCUT2D eigenvalue weighted by Gasteiger charge is -2.19. The van der Waals surface area contributed by atoms with E-state index in [1.165, 1.54) is 0 Å². The first-order valence-electron chi connectivity index (χ1n) is 15.5. The second-order valence-electron chi connectivity index (χ2n) is 12.4. The molecule has 0 spiro atoms. The van der Waals surface area contributed by atoms with Gasteiger partial charge in [-0.3, -0.25) is 0 Å². The van der Waals surface area contributed by atoms with Gasteiger partial charge in [0.05, 0.1) is 45.1 Å². The lowest BCUT2D eigenvalue weighted by molar-refractivity contribution is 1.11. The fourth-order valence-electron chi connectivity index (χ4n) is 7.06. The maximum atomic E-state index is 11.1. The minimum absolute atomic E-state index is 0.571. The molecular weight excluding hydrogens is 560 g/mol. The monoisotopic (exact) mass is 590 g/mol. The van der Waals surface area contributed by atoms with Crippen LogP contribution in [0.1, 0.15) is 33.4 Å². The number of nitrogens with zero attached hydrogens (tertiary/aromatic N) is 4. The Morgan fingerprint density at radius 1 is 0.457 bits per heavy atom. The Hall–Kier alpha value is -6.10. The molecule has 4 heteroatoms. The third-order valence-corrected chi connectivity index (χ3v) is 9.21. The topological polar surface area (TPSA) is 57.4 Å². The van der Waals surface area contributed by atoms with E-state index < -0.39 is 0 Å². The smallest absolute Gasteiger partial charge is 0.104 e. The number of fused-ring (bicyclic) bond motifs is 6. The Labute approximate surface area is 267 Å². The van der Waals surface area contributed by atoms with Crippen LogP contribution in [-0.2, 0) is 0 Å². The summed E-state index contributed by atoms with van der Waals surface area (Å²) < 4.78 is 4.49. The van der Waals surface area contributed by atoms with Gasteiger partial charge < -0.3 is 9.13 Å². The molecule has 8 aromatic rings. The number of hydrogen-bond donors (Lipinski definition) is 0. The Morgan fingerprint density at radius 2 is 0.848 bits per heavy atom. The molecule has 0 unspecified atom stereocenters. The van der Waals surface area contributed by atoms with Crippen molar-refractivity contribution < 1.29 is 0 Å². The standard InChI is InChI=1S/C42H30N4/c1-25-9-13-32-33-14-10-26(2)18-38(33)45(37(32)17-25)41-21-30(31-8-6-5-7-29(31)23-43)22-42(36(41)24-44)46-39-19-27(3)11-15-34(39)35-16-12-28(4)20-40(35)46/h5-22H,1-4H3. The first-order valence-corrected chi connectivity index (χ1v) is 15.5. The zero-order valence-corrected chi connectivity index (χ0v) is 26.2. The molecule has 2 heterocycles. The highest BCUT2D eigenvalue weighted by atomic mass is 15.0. The molecule has 2 aromatic heterocycles. The van der Waals surface area contributed by atoms with Crippen molar-refractivity contribution in [3.05, 3.63) is 143 Å². The first kappa shape index (κ1) is 27.4. The minimum Gasteiger partial charge on any atom is -0.308 e. The highest BCUT2D eigenvalue weighted by Gasteiger charge is 2.23. The number of hydrogen-bond acceptors (Lipinski definition) is 2. The lowest BCUT2D eigenvalue weighted by Crippen LogP contribution is -2.06. The average molecular weight is 591 g/mol. The summed E-state index contributed by atoms with van der Waals surface area (Å²) in [6.45, 7) is 8.41. The summed E-state index contributed by atoms with van der Waals surface area (Å²) in [5.41, 5.74) is 13.2. The van der Waals surface area contributed by atoms with Gasteiger partial charge in [-0.25, -0.2) is 0 Å². The van der Waals surface area contributed by atoms with Crippen molar-refractivity contribution in [1.82, 2.24) is 9.13 Å². The zero-order valence-electron chi connectivity index (χ0n) is 26.2. The van der Waals surface area contributed by atoms with Crippen molar-refractivity contribution in [2.45, 2.75) is 27.7 Å². The van der Waals surface area contributed by atoms with E-state index in [2.05, 4.69) is 134 Å². The van der Waals surface area contributed by atoms with E-state index in [1.807, 2.05) is 24.3 Å². The number of nitriles is 2. The summed E-state index contributed by atoms with van der Waals surface area (Å²) in [5.74, 6) is 0. The van der Waals surface area contributed by atoms with Crippen LogP contribution >= 0.6 is 0 Å². The predicted molar refractivity (Wildman–Crippen MR) is 189 cm³/mol. The van der Waals surface area contributed by atoms with Crippen LogP contribution in [-0.4, -0.2) is 9.13 Å². The molecule has 0 atom stereocenters. The van der Waals surface area contributed by atoms with Crippen LogP contribution in [0.4, 0.5) is 0 Å². The van der Waals surface area contributed by atoms with E-state index in [0.29, 0.717) is 11.1 Å². The van der Waals surface area contributed by atoms with Crippen LogP contribution < -0.4 is 0 Å². The molecule has 0 aliphatic rings. The number of aryl methyl sites for hydroxylation is 4. The Morgan fingerprint density at radius 3 is 1.22 bits per heavy atom. The van der Waals surface area contributed by atoms with Crippen molar-refractivity contribution in [2.75, 3.05) is 0 Å². The van der Waals surface area contributed by atoms with Crippen LogP contribution in [0.2, 0.25) is 0 Å². The normalized spacial score (nSPS) is 11.4. The van der Waals surface area contributed by atoms with E-state index >= 15 is 0 Å². The second-order valence-corrected chi connectivity index (χ2v) is 12.4. The molecule has 0 amide bonds. The van der Waals surface area contributed by atoms with Gasteiger partial charge in [-0.05, 0) is 104 Å². The van der Waals surface area contributed by atoms with E-state index in [0.717, 1.165) is 88.4 Å². The summed E-state index contributed by atoms with van der Waals surface area (Å²) in [5, 5.41) is 25.8. The number of rotatable bonds is 3. The molecule has 218 valence electrons. The van der Waals surface area contributed by atoms with Crippen molar-refractivity contribution in [1.29, 1.82) is 10.5 Å². The number of benzene rings is 6. The van der Waals surface area contributed by atoms with Crippen LogP contribution in [0.25, 0.3) is 66.1 Å². The largest absolute Gasteiger partial charge is 0.308 e. The molecule has 0 aliphatic heterocycles. The molecule has 0 aliphatic carbocycles.